The summed E-state index contributed by atoms with van der Waals surface area (Å²) in [5.74, 6) is -5.86. The lowest BCUT2D eigenvalue weighted by Crippen LogP contribution is -2.58. The van der Waals surface area contributed by atoms with Gasteiger partial charge in [-0.1, -0.05) is 0 Å². The lowest BCUT2D eigenvalue weighted by atomic mass is 10.2. The van der Waals surface area contributed by atoms with Gasteiger partial charge in [0.15, 0.2) is 0 Å². The molecule has 4 nitrogen and oxygen atoms in total. The van der Waals surface area contributed by atoms with Crippen molar-refractivity contribution in [3.05, 3.63) is 23.8 Å². The van der Waals surface area contributed by atoms with Crippen molar-refractivity contribution in [2.75, 3.05) is 14.2 Å². The number of nitrogens with one attached hydrogen (secondary N) is 1. The maximum atomic E-state index is 13.0. The molecule has 1 aromatic carbocycles. The van der Waals surface area contributed by atoms with Crippen LogP contribution in [0.2, 0.25) is 0 Å². The van der Waals surface area contributed by atoms with E-state index in [1.54, 1.807) is 0 Å². The smallest absolute Gasteiger partial charge is 0.462 e. The molecule has 11 heteroatoms. The van der Waals surface area contributed by atoms with Crippen LogP contribution in [0.1, 0.15) is 5.56 Å². The standard InChI is InChI=1S/C12H11F7N2O2/c1-22-8-4-3-7(9(5-8)23-2)6-20-21-12(18,19)10(13,14)11(15,16)17/h3-6,21H,1-2H3/b20-6+. The minimum absolute atomic E-state index is 0.0481. The fourth-order valence-electron chi connectivity index (χ4n) is 1.36. The summed E-state index contributed by atoms with van der Waals surface area (Å²) in [6.07, 6.45) is -5.82. The van der Waals surface area contributed by atoms with E-state index in [1.165, 1.54) is 32.4 Å². The molecular formula is C12H11F7N2O2. The summed E-state index contributed by atoms with van der Waals surface area (Å²) in [6, 6.07) is -1.62. The minimum atomic E-state index is -6.43. The van der Waals surface area contributed by atoms with E-state index in [0.29, 0.717) is 17.4 Å². The Bertz CT molecular complexity index is 573. The lowest BCUT2D eigenvalue weighted by molar-refractivity contribution is -0.361. The van der Waals surface area contributed by atoms with Gasteiger partial charge < -0.3 is 9.47 Å². The van der Waals surface area contributed by atoms with Gasteiger partial charge in [0.1, 0.15) is 11.5 Å². The zero-order valence-corrected chi connectivity index (χ0v) is 11.7. The second kappa shape index (κ2) is 6.50. The normalized spacial score (nSPS) is 13.3. The number of hydrogen-bond donors (Lipinski definition) is 1. The van der Waals surface area contributed by atoms with E-state index >= 15 is 0 Å². The summed E-state index contributed by atoms with van der Waals surface area (Å²) in [5, 5.41) is 2.73. The molecule has 1 N–H and O–H groups in total. The van der Waals surface area contributed by atoms with Gasteiger partial charge in [0.25, 0.3) is 0 Å². The first kappa shape index (κ1) is 18.8. The maximum Gasteiger partial charge on any atom is 0.462 e. The quantitative estimate of drug-likeness (QED) is 0.371. The predicted octanol–water partition coefficient (Wildman–Crippen LogP) is 3.42. The first-order valence-corrected chi connectivity index (χ1v) is 5.81. The van der Waals surface area contributed by atoms with Crippen molar-refractivity contribution in [2.45, 2.75) is 18.1 Å². The van der Waals surface area contributed by atoms with Crippen LogP contribution < -0.4 is 14.9 Å². The summed E-state index contributed by atoms with van der Waals surface area (Å²) in [7, 11) is 2.58. The molecule has 1 rings (SSSR count). The Morgan fingerprint density at radius 3 is 2.09 bits per heavy atom. The monoisotopic (exact) mass is 348 g/mol. The van der Waals surface area contributed by atoms with Gasteiger partial charge in [-0.15, -0.1) is 0 Å². The summed E-state index contributed by atoms with van der Waals surface area (Å²) < 4.78 is 96.7. The zero-order chi connectivity index (χ0) is 17.9. The molecule has 0 aliphatic carbocycles. The lowest BCUT2D eigenvalue weighted by Gasteiger charge is -2.27. The molecule has 0 aliphatic heterocycles. The van der Waals surface area contributed by atoms with Crippen molar-refractivity contribution in [2.24, 2.45) is 5.10 Å². The first-order chi connectivity index (χ1) is 10.5. The van der Waals surface area contributed by atoms with Crippen LogP contribution in [0.15, 0.2) is 23.3 Å². The van der Waals surface area contributed by atoms with Crippen LogP contribution in [0, 0.1) is 0 Å². The average molecular weight is 348 g/mol. The first-order valence-electron chi connectivity index (χ1n) is 5.81. The third-order valence-electron chi connectivity index (χ3n) is 2.60. The van der Waals surface area contributed by atoms with Crippen LogP contribution in [-0.2, 0) is 0 Å². The fraction of sp³-hybridized carbons (Fsp3) is 0.417. The Morgan fingerprint density at radius 2 is 1.61 bits per heavy atom. The molecule has 23 heavy (non-hydrogen) atoms. The molecule has 0 aromatic heterocycles. The Balaban J connectivity index is 2.95. The van der Waals surface area contributed by atoms with Crippen LogP contribution >= 0.6 is 0 Å². The number of nitrogens with zero attached hydrogens (tertiary/aromatic N) is 1. The van der Waals surface area contributed by atoms with Crippen LogP contribution in [0.5, 0.6) is 11.5 Å². The van der Waals surface area contributed by atoms with Crippen molar-refractivity contribution in [1.29, 1.82) is 0 Å². The highest BCUT2D eigenvalue weighted by Gasteiger charge is 2.73. The van der Waals surface area contributed by atoms with E-state index in [9.17, 15) is 30.7 Å². The molecule has 0 bridgehead atoms. The molecule has 130 valence electrons. The molecule has 0 amide bonds. The predicted molar refractivity (Wildman–Crippen MR) is 66.2 cm³/mol. The molecule has 0 saturated heterocycles. The van der Waals surface area contributed by atoms with Gasteiger partial charge in [-0.25, -0.2) is 5.43 Å². The van der Waals surface area contributed by atoms with Gasteiger partial charge in [0, 0.05) is 11.6 Å². The van der Waals surface area contributed by atoms with Gasteiger partial charge >= 0.3 is 18.1 Å². The van der Waals surface area contributed by atoms with Gasteiger partial charge in [0.2, 0.25) is 0 Å². The van der Waals surface area contributed by atoms with Crippen LogP contribution in [0.25, 0.3) is 0 Å². The highest BCUT2D eigenvalue weighted by atomic mass is 19.4. The van der Waals surface area contributed by atoms with Gasteiger partial charge in [-0.2, -0.15) is 35.8 Å². The van der Waals surface area contributed by atoms with Gasteiger partial charge in [-0.3, -0.25) is 0 Å². The molecule has 0 spiro atoms. The molecule has 0 aliphatic rings. The number of hydrogen-bond acceptors (Lipinski definition) is 4. The SMILES string of the molecule is COc1ccc(/C=N/NC(F)(F)C(F)(F)C(F)(F)F)c(OC)c1. The van der Waals surface area contributed by atoms with Crippen molar-refractivity contribution in [3.63, 3.8) is 0 Å². The van der Waals surface area contributed by atoms with Crippen LogP contribution in [-0.4, -0.2) is 38.6 Å². The van der Waals surface area contributed by atoms with E-state index in [0.717, 1.165) is 0 Å². The number of ether oxygens (including phenoxy) is 2. The Hall–Kier alpha value is -2.20. The number of benzene rings is 1. The summed E-state index contributed by atoms with van der Waals surface area (Å²) in [5.41, 5.74) is 0.562. The fourth-order valence-corrected chi connectivity index (χ4v) is 1.36. The highest BCUT2D eigenvalue weighted by Crippen LogP contribution is 2.45. The number of halogens is 7. The van der Waals surface area contributed by atoms with Crippen LogP contribution in [0.4, 0.5) is 30.7 Å². The molecule has 1 aromatic rings. The Kier molecular flexibility index (Phi) is 5.33. The summed E-state index contributed by atoms with van der Waals surface area (Å²) >= 11 is 0. The Morgan fingerprint density at radius 1 is 1.00 bits per heavy atom. The van der Waals surface area contributed by atoms with E-state index in [1.807, 2.05) is 0 Å². The number of alkyl halides is 7. The number of hydrazone groups is 1. The average Bonchev–Trinajstić information content (AvgIpc) is 2.45. The molecule has 0 atom stereocenters. The second-order valence-corrected chi connectivity index (χ2v) is 4.12. The molecule has 0 unspecified atom stereocenters. The van der Waals surface area contributed by atoms with Crippen molar-refractivity contribution < 1.29 is 40.2 Å². The summed E-state index contributed by atoms with van der Waals surface area (Å²) in [6.45, 7) is 0. The molecule has 0 fully saturated rings. The van der Waals surface area contributed by atoms with Gasteiger partial charge in [-0.05, 0) is 12.1 Å². The van der Waals surface area contributed by atoms with E-state index in [-0.39, 0.29) is 11.3 Å². The van der Waals surface area contributed by atoms with Crippen molar-refractivity contribution >= 4 is 6.21 Å². The summed E-state index contributed by atoms with van der Waals surface area (Å²) in [4.78, 5) is 0. The topological polar surface area (TPSA) is 42.8 Å². The third-order valence-corrected chi connectivity index (χ3v) is 2.60. The van der Waals surface area contributed by atoms with Crippen LogP contribution in [0.3, 0.4) is 0 Å². The number of methoxy groups -OCH3 is 2. The van der Waals surface area contributed by atoms with Gasteiger partial charge in [0.05, 0.1) is 20.4 Å². The number of rotatable bonds is 6. The highest BCUT2D eigenvalue weighted by molar-refractivity contribution is 5.83. The van der Waals surface area contributed by atoms with E-state index < -0.39 is 18.1 Å². The third kappa shape index (κ3) is 3.96. The van der Waals surface area contributed by atoms with Crippen molar-refractivity contribution in [1.82, 2.24) is 5.43 Å². The molecule has 0 radical (unpaired) electrons. The van der Waals surface area contributed by atoms with E-state index in [2.05, 4.69) is 5.10 Å². The zero-order valence-electron chi connectivity index (χ0n) is 11.7. The van der Waals surface area contributed by atoms with E-state index in [4.69, 9.17) is 9.47 Å². The molecule has 0 saturated carbocycles. The van der Waals surface area contributed by atoms with Crippen molar-refractivity contribution in [3.8, 4) is 11.5 Å². The molecule has 0 heterocycles. The second-order valence-electron chi connectivity index (χ2n) is 4.12. The Labute approximate surface area is 125 Å². The molecular weight excluding hydrogens is 337 g/mol. The minimum Gasteiger partial charge on any atom is -0.497 e. The largest absolute Gasteiger partial charge is 0.497 e. The maximum absolute atomic E-state index is 13.0.